The van der Waals surface area contributed by atoms with Gasteiger partial charge in [0.05, 0.1) is 17.4 Å². The number of amides is 1. The molecule has 0 bridgehead atoms. The fourth-order valence-electron chi connectivity index (χ4n) is 4.66. The van der Waals surface area contributed by atoms with Gasteiger partial charge in [0.2, 0.25) is 5.88 Å². The van der Waals surface area contributed by atoms with E-state index in [4.69, 9.17) is 15.5 Å². The zero-order valence-corrected chi connectivity index (χ0v) is 22.4. The maximum atomic E-state index is 13.4. The third kappa shape index (κ3) is 5.66. The lowest BCUT2D eigenvalue weighted by atomic mass is 9.97. The Kier molecular flexibility index (Phi) is 7.09. The van der Waals surface area contributed by atoms with Crippen molar-refractivity contribution >= 4 is 27.6 Å². The molecule has 1 fully saturated rings. The molecule has 1 aliphatic rings. The molecule has 1 atom stereocenters. The summed E-state index contributed by atoms with van der Waals surface area (Å²) in [5, 5.41) is 0. The van der Waals surface area contributed by atoms with Crippen LogP contribution in [-0.2, 0) is 10.0 Å². The minimum atomic E-state index is -4.25. The molecule has 0 unspecified atom stereocenters. The lowest BCUT2D eigenvalue weighted by Gasteiger charge is -2.34. The van der Waals surface area contributed by atoms with Crippen molar-refractivity contribution in [3.63, 3.8) is 0 Å². The second-order valence-electron chi connectivity index (χ2n) is 10.2. The predicted octanol–water partition coefficient (Wildman–Crippen LogP) is 3.65. The van der Waals surface area contributed by atoms with Gasteiger partial charge in [0, 0.05) is 36.1 Å². The zero-order valence-electron chi connectivity index (χ0n) is 21.6. The van der Waals surface area contributed by atoms with Crippen LogP contribution in [0.25, 0.3) is 11.3 Å². The maximum Gasteiger partial charge on any atom is 0.268 e. The van der Waals surface area contributed by atoms with E-state index in [1.807, 2.05) is 19.9 Å². The highest BCUT2D eigenvalue weighted by atomic mass is 32.2. The van der Waals surface area contributed by atoms with Gasteiger partial charge >= 0.3 is 0 Å². The van der Waals surface area contributed by atoms with E-state index in [-0.39, 0.29) is 27.9 Å². The number of nitrogens with two attached hydrogens (primary N) is 1. The van der Waals surface area contributed by atoms with Crippen LogP contribution in [-0.4, -0.2) is 47.5 Å². The summed E-state index contributed by atoms with van der Waals surface area (Å²) in [5.41, 5.74) is 6.94. The first-order valence-electron chi connectivity index (χ1n) is 12.1. The summed E-state index contributed by atoms with van der Waals surface area (Å²) in [6.07, 6.45) is 3.94. The van der Waals surface area contributed by atoms with E-state index in [9.17, 15) is 13.2 Å². The third-order valence-corrected chi connectivity index (χ3v) is 7.53. The smallest absolute Gasteiger partial charge is 0.268 e. The molecule has 4 rings (SSSR count). The van der Waals surface area contributed by atoms with Crippen molar-refractivity contribution in [2.75, 3.05) is 17.2 Å². The van der Waals surface area contributed by atoms with Crippen LogP contribution in [0.1, 0.15) is 51.4 Å². The Hall–Kier alpha value is -3.73. The SMILES string of the molecule is CC(C)Oc1ccc(-c2ccc(C(=O)NS(=O)(=O)c3cccnc3N)c(N3C[C@@H](C)CC3(C)C)n2)cn1. The van der Waals surface area contributed by atoms with Crippen LogP contribution in [0.2, 0.25) is 0 Å². The number of nitrogens with one attached hydrogen (secondary N) is 1. The van der Waals surface area contributed by atoms with Crippen LogP contribution >= 0.6 is 0 Å². The van der Waals surface area contributed by atoms with Gasteiger partial charge < -0.3 is 15.4 Å². The number of carbonyl (C=O) groups excluding carboxylic acids is 1. The lowest BCUT2D eigenvalue weighted by Crippen LogP contribution is -2.41. The Morgan fingerprint density at radius 1 is 1.19 bits per heavy atom. The molecule has 1 saturated heterocycles. The number of hydrogen-bond acceptors (Lipinski definition) is 9. The summed E-state index contributed by atoms with van der Waals surface area (Å²) >= 11 is 0. The number of sulfonamides is 1. The molecule has 4 heterocycles. The fourth-order valence-corrected chi connectivity index (χ4v) is 5.71. The molecule has 0 aliphatic carbocycles. The van der Waals surface area contributed by atoms with Gasteiger partial charge in [0.15, 0.2) is 0 Å². The molecule has 1 amide bonds. The van der Waals surface area contributed by atoms with Crippen molar-refractivity contribution < 1.29 is 17.9 Å². The largest absolute Gasteiger partial charge is 0.475 e. The van der Waals surface area contributed by atoms with Gasteiger partial charge in [-0.3, -0.25) is 4.79 Å². The molecule has 3 aromatic heterocycles. The molecule has 1 aliphatic heterocycles. The van der Waals surface area contributed by atoms with Crippen LogP contribution in [0, 0.1) is 5.92 Å². The van der Waals surface area contributed by atoms with Crippen LogP contribution in [0.3, 0.4) is 0 Å². The van der Waals surface area contributed by atoms with E-state index in [0.29, 0.717) is 29.9 Å². The molecular formula is C26H32N6O4S. The molecule has 0 saturated carbocycles. The highest BCUT2D eigenvalue weighted by Crippen LogP contribution is 2.38. The lowest BCUT2D eigenvalue weighted by molar-refractivity contribution is 0.0981. The van der Waals surface area contributed by atoms with Crippen LogP contribution in [0.15, 0.2) is 53.7 Å². The van der Waals surface area contributed by atoms with Crippen molar-refractivity contribution in [3.05, 3.63) is 54.4 Å². The van der Waals surface area contributed by atoms with Gasteiger partial charge in [0.25, 0.3) is 15.9 Å². The summed E-state index contributed by atoms with van der Waals surface area (Å²) in [4.78, 5) is 28.2. The monoisotopic (exact) mass is 524 g/mol. The van der Waals surface area contributed by atoms with Gasteiger partial charge in [-0.05, 0) is 70.4 Å². The molecule has 10 nitrogen and oxygen atoms in total. The fraction of sp³-hybridized carbons (Fsp3) is 0.385. The number of ether oxygens (including phenoxy) is 1. The summed E-state index contributed by atoms with van der Waals surface area (Å²) in [7, 11) is -4.25. The number of nitrogen functional groups attached to an aromatic ring is 1. The summed E-state index contributed by atoms with van der Waals surface area (Å²) in [6.45, 7) is 10.8. The molecule has 37 heavy (non-hydrogen) atoms. The second-order valence-corrected chi connectivity index (χ2v) is 11.8. The zero-order chi connectivity index (χ0) is 27.0. The van der Waals surface area contributed by atoms with Gasteiger partial charge in [0.1, 0.15) is 16.5 Å². The average molecular weight is 525 g/mol. The quantitative estimate of drug-likeness (QED) is 0.474. The van der Waals surface area contributed by atoms with E-state index >= 15 is 0 Å². The van der Waals surface area contributed by atoms with E-state index in [1.54, 1.807) is 24.4 Å². The van der Waals surface area contributed by atoms with Crippen LogP contribution in [0.4, 0.5) is 11.6 Å². The minimum Gasteiger partial charge on any atom is -0.475 e. The molecule has 196 valence electrons. The van der Waals surface area contributed by atoms with Gasteiger partial charge in [-0.25, -0.2) is 28.1 Å². The standard InChI is InChI=1S/C26H32N6O4S/c1-16(2)36-22-11-8-18(14-29-22)20-10-9-19(24(30-20)32-15-17(3)13-26(32,4)5)25(33)31-37(34,35)21-7-6-12-28-23(21)27/h6-12,14,16-17H,13,15H2,1-5H3,(H2,27,28)(H,31,33)/t17-/m0/s1. The van der Waals surface area contributed by atoms with Crippen molar-refractivity contribution in [2.24, 2.45) is 5.92 Å². The van der Waals surface area contributed by atoms with Crippen molar-refractivity contribution in [3.8, 4) is 17.1 Å². The van der Waals surface area contributed by atoms with Crippen molar-refractivity contribution in [1.82, 2.24) is 19.7 Å². The Morgan fingerprint density at radius 3 is 2.54 bits per heavy atom. The molecular weight excluding hydrogens is 492 g/mol. The Balaban J connectivity index is 1.74. The molecule has 0 radical (unpaired) electrons. The molecule has 0 spiro atoms. The first-order valence-corrected chi connectivity index (χ1v) is 13.5. The summed E-state index contributed by atoms with van der Waals surface area (Å²) in [5.74, 6) is 0.282. The van der Waals surface area contributed by atoms with Crippen LogP contribution < -0.4 is 20.1 Å². The highest BCUT2D eigenvalue weighted by Gasteiger charge is 2.39. The first-order chi connectivity index (χ1) is 17.4. The molecule has 0 aromatic carbocycles. The number of pyridine rings is 3. The summed E-state index contributed by atoms with van der Waals surface area (Å²) < 4.78 is 33.6. The predicted molar refractivity (Wildman–Crippen MR) is 142 cm³/mol. The maximum absolute atomic E-state index is 13.4. The van der Waals surface area contributed by atoms with Gasteiger partial charge in [-0.15, -0.1) is 0 Å². The van der Waals surface area contributed by atoms with E-state index in [0.717, 1.165) is 12.0 Å². The normalized spacial score (nSPS) is 17.1. The molecule has 11 heteroatoms. The topological polar surface area (TPSA) is 140 Å². The summed E-state index contributed by atoms with van der Waals surface area (Å²) in [6, 6.07) is 9.62. The first kappa shape index (κ1) is 26.3. The molecule has 3 N–H and O–H groups in total. The number of carbonyl (C=O) groups is 1. The number of aromatic nitrogens is 3. The van der Waals surface area contributed by atoms with Crippen molar-refractivity contribution in [2.45, 2.75) is 57.6 Å². The Morgan fingerprint density at radius 2 is 1.95 bits per heavy atom. The van der Waals surface area contributed by atoms with E-state index in [2.05, 4.69) is 40.4 Å². The minimum absolute atomic E-state index is 0.00134. The number of nitrogens with zero attached hydrogens (tertiary/aromatic N) is 4. The van der Waals surface area contributed by atoms with Gasteiger partial charge in [-0.2, -0.15) is 0 Å². The number of rotatable bonds is 7. The number of hydrogen-bond donors (Lipinski definition) is 2. The molecule has 3 aromatic rings. The second kappa shape index (κ2) is 9.97. The van der Waals surface area contributed by atoms with E-state index in [1.165, 1.54) is 18.3 Å². The van der Waals surface area contributed by atoms with Crippen LogP contribution in [0.5, 0.6) is 5.88 Å². The van der Waals surface area contributed by atoms with E-state index < -0.39 is 15.9 Å². The van der Waals surface area contributed by atoms with Gasteiger partial charge in [-0.1, -0.05) is 6.92 Å². The third-order valence-electron chi connectivity index (χ3n) is 6.15. The van der Waals surface area contributed by atoms with Crippen molar-refractivity contribution in [1.29, 1.82) is 0 Å². The average Bonchev–Trinajstić information content (AvgIpc) is 3.10. The number of anilines is 2. The highest BCUT2D eigenvalue weighted by molar-refractivity contribution is 7.90. The Bertz CT molecular complexity index is 1410. The Labute approximate surface area is 217 Å².